The summed E-state index contributed by atoms with van der Waals surface area (Å²) in [5, 5.41) is 10.8. The smallest absolute Gasteiger partial charge is 0.143 e. The van der Waals surface area contributed by atoms with E-state index in [-0.39, 0.29) is 0 Å². The molecule has 4 nitrogen and oxygen atoms in total. The molecule has 0 aliphatic heterocycles. The number of nitrogens with zero attached hydrogens (tertiary/aromatic N) is 2. The van der Waals surface area contributed by atoms with Crippen molar-refractivity contribution in [3.8, 4) is 5.75 Å². The van der Waals surface area contributed by atoms with Gasteiger partial charge in [-0.25, -0.2) is 4.98 Å². The fourth-order valence-corrected chi connectivity index (χ4v) is 2.82. The van der Waals surface area contributed by atoms with Gasteiger partial charge in [0, 0.05) is 6.54 Å². The Hall–Kier alpha value is -2.33. The minimum absolute atomic E-state index is 0.633. The number of aromatic nitrogens is 2. The zero-order valence-corrected chi connectivity index (χ0v) is 13.6. The predicted molar refractivity (Wildman–Crippen MR) is 91.7 cm³/mol. The Morgan fingerprint density at radius 2 is 1.83 bits per heavy atom. The van der Waals surface area contributed by atoms with Crippen LogP contribution in [-0.4, -0.2) is 21.3 Å². The van der Waals surface area contributed by atoms with Crippen molar-refractivity contribution in [3.05, 3.63) is 59.9 Å². The van der Waals surface area contributed by atoms with Crippen LogP contribution in [0, 0.1) is 0 Å². The van der Waals surface area contributed by atoms with E-state index in [2.05, 4.69) is 16.5 Å². The zero-order valence-electron chi connectivity index (χ0n) is 13.6. The van der Waals surface area contributed by atoms with Gasteiger partial charge in [0.2, 0.25) is 0 Å². The molecule has 0 aliphatic rings. The number of imidazole rings is 1. The van der Waals surface area contributed by atoms with Crippen LogP contribution >= 0.6 is 0 Å². The van der Waals surface area contributed by atoms with Crippen molar-refractivity contribution in [2.75, 3.05) is 6.61 Å². The number of aliphatic hydroxyl groups excluding tert-OH is 1. The minimum Gasteiger partial charge on any atom is -0.494 e. The van der Waals surface area contributed by atoms with Crippen molar-refractivity contribution in [1.82, 2.24) is 9.55 Å². The fraction of sp³-hybridized carbons (Fsp3) is 0.316. The number of aryl methyl sites for hydroxylation is 1. The largest absolute Gasteiger partial charge is 0.494 e. The van der Waals surface area contributed by atoms with E-state index in [1.807, 2.05) is 55.5 Å². The van der Waals surface area contributed by atoms with E-state index in [1.54, 1.807) is 0 Å². The third-order valence-electron chi connectivity index (χ3n) is 3.88. The van der Waals surface area contributed by atoms with Gasteiger partial charge < -0.3 is 14.4 Å². The molecule has 0 amide bonds. The molecule has 0 radical (unpaired) electrons. The van der Waals surface area contributed by atoms with Crippen molar-refractivity contribution in [3.63, 3.8) is 0 Å². The maximum atomic E-state index is 10.8. The Kier molecular flexibility index (Phi) is 4.63. The highest BCUT2D eigenvalue weighted by Gasteiger charge is 2.19. The van der Waals surface area contributed by atoms with Crippen molar-refractivity contribution < 1.29 is 9.84 Å². The second-order valence-corrected chi connectivity index (χ2v) is 5.51. The first-order valence-electron chi connectivity index (χ1n) is 8.10. The lowest BCUT2D eigenvalue weighted by Gasteiger charge is -2.14. The third-order valence-corrected chi connectivity index (χ3v) is 3.88. The molecule has 1 heterocycles. The Morgan fingerprint density at radius 3 is 2.52 bits per heavy atom. The molecule has 0 saturated heterocycles. The van der Waals surface area contributed by atoms with Gasteiger partial charge in [0.15, 0.2) is 0 Å². The number of ether oxygens (including phenoxy) is 1. The Morgan fingerprint density at radius 1 is 1.09 bits per heavy atom. The molecule has 0 unspecified atom stereocenters. The number of hydrogen-bond acceptors (Lipinski definition) is 3. The number of para-hydroxylation sites is 2. The van der Waals surface area contributed by atoms with Crippen LogP contribution in [0.25, 0.3) is 11.0 Å². The second kappa shape index (κ2) is 6.84. The van der Waals surface area contributed by atoms with E-state index in [1.165, 1.54) is 0 Å². The summed E-state index contributed by atoms with van der Waals surface area (Å²) in [6.07, 6.45) is 0.244. The molecule has 0 aliphatic carbocycles. The maximum absolute atomic E-state index is 10.8. The SMILES string of the molecule is CCCn1c([C@H](O)c2ccc(OCC)cc2)nc2ccccc21. The van der Waals surface area contributed by atoms with Gasteiger partial charge in [-0.05, 0) is 43.2 Å². The van der Waals surface area contributed by atoms with Gasteiger partial charge in [0.05, 0.1) is 17.6 Å². The normalized spacial score (nSPS) is 12.5. The lowest BCUT2D eigenvalue weighted by Crippen LogP contribution is -2.10. The molecule has 23 heavy (non-hydrogen) atoms. The molecule has 1 atom stereocenters. The van der Waals surface area contributed by atoms with Crippen molar-refractivity contribution in [2.24, 2.45) is 0 Å². The highest BCUT2D eigenvalue weighted by Crippen LogP contribution is 2.27. The minimum atomic E-state index is -0.746. The number of aliphatic hydroxyl groups is 1. The van der Waals surface area contributed by atoms with Crippen LogP contribution in [0.2, 0.25) is 0 Å². The van der Waals surface area contributed by atoms with E-state index >= 15 is 0 Å². The molecule has 3 rings (SSSR count). The Balaban J connectivity index is 1.99. The molecule has 1 aromatic heterocycles. The number of rotatable bonds is 6. The first-order chi connectivity index (χ1) is 11.2. The first kappa shape index (κ1) is 15.6. The maximum Gasteiger partial charge on any atom is 0.143 e. The third kappa shape index (κ3) is 3.08. The fourth-order valence-electron chi connectivity index (χ4n) is 2.82. The second-order valence-electron chi connectivity index (χ2n) is 5.51. The van der Waals surface area contributed by atoms with Gasteiger partial charge >= 0.3 is 0 Å². The van der Waals surface area contributed by atoms with Crippen LogP contribution in [-0.2, 0) is 6.54 Å². The first-order valence-corrected chi connectivity index (χ1v) is 8.10. The molecule has 0 saturated carbocycles. The van der Waals surface area contributed by atoms with Gasteiger partial charge in [-0.3, -0.25) is 0 Å². The van der Waals surface area contributed by atoms with Gasteiger partial charge in [0.25, 0.3) is 0 Å². The van der Waals surface area contributed by atoms with Crippen molar-refractivity contribution >= 4 is 11.0 Å². The summed E-state index contributed by atoms with van der Waals surface area (Å²) < 4.78 is 7.56. The van der Waals surface area contributed by atoms with Crippen LogP contribution in [0.4, 0.5) is 0 Å². The lowest BCUT2D eigenvalue weighted by molar-refractivity contribution is 0.205. The molecular weight excluding hydrogens is 288 g/mol. The molecule has 1 N–H and O–H groups in total. The summed E-state index contributed by atoms with van der Waals surface area (Å²) in [5.74, 6) is 1.50. The molecule has 4 heteroatoms. The molecular formula is C19H22N2O2. The number of hydrogen-bond donors (Lipinski definition) is 1. The molecule has 3 aromatic rings. The van der Waals surface area contributed by atoms with Crippen LogP contribution < -0.4 is 4.74 Å². The highest BCUT2D eigenvalue weighted by molar-refractivity contribution is 5.76. The van der Waals surface area contributed by atoms with E-state index in [0.29, 0.717) is 12.4 Å². The highest BCUT2D eigenvalue weighted by atomic mass is 16.5. The average Bonchev–Trinajstić information content (AvgIpc) is 2.94. The quantitative estimate of drug-likeness (QED) is 0.750. The Bertz CT molecular complexity index is 778. The summed E-state index contributed by atoms with van der Waals surface area (Å²) in [6.45, 7) is 5.55. The molecule has 0 fully saturated rings. The molecule has 0 bridgehead atoms. The topological polar surface area (TPSA) is 47.3 Å². The summed E-state index contributed by atoms with van der Waals surface area (Å²) >= 11 is 0. The lowest BCUT2D eigenvalue weighted by atomic mass is 10.1. The van der Waals surface area contributed by atoms with Crippen molar-refractivity contribution in [2.45, 2.75) is 32.9 Å². The summed E-state index contributed by atoms with van der Waals surface area (Å²) in [7, 11) is 0. The van der Waals surface area contributed by atoms with Gasteiger partial charge in [-0.15, -0.1) is 0 Å². The number of benzene rings is 2. The van der Waals surface area contributed by atoms with E-state index < -0.39 is 6.10 Å². The van der Waals surface area contributed by atoms with E-state index in [4.69, 9.17) is 4.74 Å². The van der Waals surface area contributed by atoms with E-state index in [9.17, 15) is 5.11 Å². The van der Waals surface area contributed by atoms with Crippen LogP contribution in [0.15, 0.2) is 48.5 Å². The van der Waals surface area contributed by atoms with Gasteiger partial charge in [0.1, 0.15) is 17.7 Å². The standard InChI is InChI=1S/C19H22N2O2/c1-3-13-21-17-8-6-5-7-16(17)20-19(21)18(22)14-9-11-15(12-10-14)23-4-2/h5-12,18,22H,3-4,13H2,1-2H3/t18-/m1/s1. The van der Waals surface area contributed by atoms with E-state index in [0.717, 1.165) is 35.3 Å². The zero-order chi connectivity index (χ0) is 16.2. The predicted octanol–water partition coefficient (Wildman–Crippen LogP) is 3.93. The molecule has 2 aromatic carbocycles. The summed E-state index contributed by atoms with van der Waals surface area (Å²) in [6, 6.07) is 15.6. The van der Waals surface area contributed by atoms with Gasteiger partial charge in [-0.2, -0.15) is 0 Å². The van der Waals surface area contributed by atoms with Crippen molar-refractivity contribution in [1.29, 1.82) is 0 Å². The summed E-state index contributed by atoms with van der Waals surface area (Å²) in [5.41, 5.74) is 2.80. The molecule has 120 valence electrons. The monoisotopic (exact) mass is 310 g/mol. The Labute approximate surface area is 136 Å². The average molecular weight is 310 g/mol. The number of fused-ring (bicyclic) bond motifs is 1. The van der Waals surface area contributed by atoms with Crippen LogP contribution in [0.1, 0.15) is 37.8 Å². The van der Waals surface area contributed by atoms with Crippen LogP contribution in [0.3, 0.4) is 0 Å². The molecule has 0 spiro atoms. The van der Waals surface area contributed by atoms with Gasteiger partial charge in [-0.1, -0.05) is 31.2 Å². The summed E-state index contributed by atoms with van der Waals surface area (Å²) in [4.78, 5) is 4.65. The van der Waals surface area contributed by atoms with Crippen LogP contribution in [0.5, 0.6) is 5.75 Å².